The summed E-state index contributed by atoms with van der Waals surface area (Å²) in [5.74, 6) is 0.402. The van der Waals surface area contributed by atoms with Crippen molar-refractivity contribution in [3.63, 3.8) is 0 Å². The second-order valence-corrected chi connectivity index (χ2v) is 11.2. The first-order valence-electron chi connectivity index (χ1n) is 13.7. The maximum Gasteiger partial charge on any atom is 0.220 e. The molecule has 0 saturated heterocycles. The van der Waals surface area contributed by atoms with Crippen LogP contribution in [0.4, 0.5) is 0 Å². The predicted molar refractivity (Wildman–Crippen MR) is 168 cm³/mol. The number of para-hydroxylation sites is 2. The Hall–Kier alpha value is -5.40. The lowest BCUT2D eigenvalue weighted by Crippen LogP contribution is -2.21. The maximum absolute atomic E-state index is 12.6. The number of pyridine rings is 4. The molecule has 0 unspecified atom stereocenters. The van der Waals surface area contributed by atoms with E-state index in [1.165, 1.54) is 23.6 Å². The van der Waals surface area contributed by atoms with Gasteiger partial charge in [0, 0.05) is 45.8 Å². The molecule has 0 N–H and O–H groups in total. The Morgan fingerprint density at radius 1 is 0.581 bits per heavy atom. The van der Waals surface area contributed by atoms with Gasteiger partial charge in [-0.15, -0.1) is 11.3 Å². The van der Waals surface area contributed by atoms with Crippen molar-refractivity contribution < 1.29 is 28.5 Å². The Kier molecular flexibility index (Phi) is 6.64. The van der Waals surface area contributed by atoms with E-state index in [-0.39, 0.29) is 11.5 Å². The minimum atomic E-state index is -0.131. The largest absolute Gasteiger partial charge is 0.870 e. The molecule has 0 aliphatic carbocycles. The summed E-state index contributed by atoms with van der Waals surface area (Å²) in [5, 5.41) is 27.6. The molecular formula is C36H26N2O4S. The topological polar surface area (TPSA) is 72.8 Å². The number of fused-ring (bicyclic) bond motifs is 7. The molecule has 7 rings (SSSR count). The Morgan fingerprint density at radius 3 is 1.47 bits per heavy atom. The zero-order valence-corrected chi connectivity index (χ0v) is 24.3. The van der Waals surface area contributed by atoms with E-state index in [1.807, 2.05) is 61.0 Å². The highest BCUT2D eigenvalue weighted by molar-refractivity contribution is 7.26. The zero-order valence-electron chi connectivity index (χ0n) is 23.5. The SMILES string of the molecule is COc1cccc(/C=C\c2cc[n+]3ccc4sc5cc[n+]6ccc(/C=C/c7cccc(OC)c7[O-])cc6c5c4c3c2)c1[O-]. The summed E-state index contributed by atoms with van der Waals surface area (Å²) in [6.07, 6.45) is 15.8. The lowest BCUT2D eigenvalue weighted by molar-refractivity contribution is -0.511. The van der Waals surface area contributed by atoms with Crippen LogP contribution < -0.4 is 28.5 Å². The molecule has 0 radical (unpaired) electrons. The lowest BCUT2D eigenvalue weighted by atomic mass is 10.1. The molecule has 7 heteroatoms. The van der Waals surface area contributed by atoms with E-state index in [4.69, 9.17) is 9.47 Å². The lowest BCUT2D eigenvalue weighted by Gasteiger charge is -2.15. The third-order valence-corrected chi connectivity index (χ3v) is 8.76. The molecule has 5 aromatic heterocycles. The molecule has 0 saturated carbocycles. The van der Waals surface area contributed by atoms with Gasteiger partial charge in [-0.1, -0.05) is 60.1 Å². The number of aromatic nitrogens is 2. The van der Waals surface area contributed by atoms with Gasteiger partial charge in [-0.25, -0.2) is 0 Å². The number of benzene rings is 2. The number of ether oxygens (including phenoxy) is 2. The Balaban J connectivity index is 1.37. The third kappa shape index (κ3) is 4.70. The van der Waals surface area contributed by atoms with Crippen LogP contribution in [-0.2, 0) is 0 Å². The van der Waals surface area contributed by atoms with E-state index in [0.717, 1.165) is 32.9 Å². The molecule has 43 heavy (non-hydrogen) atoms. The van der Waals surface area contributed by atoms with Gasteiger partial charge in [0.15, 0.2) is 24.8 Å². The van der Waals surface area contributed by atoms with Crippen LogP contribution in [0.15, 0.2) is 97.6 Å². The van der Waals surface area contributed by atoms with Crippen LogP contribution in [0.25, 0.3) is 55.5 Å². The minimum absolute atomic E-state index is 0.131. The zero-order chi connectivity index (χ0) is 29.5. The van der Waals surface area contributed by atoms with Gasteiger partial charge in [0.05, 0.1) is 25.0 Å². The highest BCUT2D eigenvalue weighted by Gasteiger charge is 2.20. The van der Waals surface area contributed by atoms with E-state index in [9.17, 15) is 10.2 Å². The summed E-state index contributed by atoms with van der Waals surface area (Å²) in [4.78, 5) is 0. The van der Waals surface area contributed by atoms with Crippen LogP contribution in [0.1, 0.15) is 22.3 Å². The molecule has 7 aromatic rings. The molecule has 0 aliphatic rings. The Morgan fingerprint density at radius 2 is 1.02 bits per heavy atom. The molecule has 0 fully saturated rings. The Bertz CT molecular complexity index is 2090. The molecule has 210 valence electrons. The van der Waals surface area contributed by atoms with E-state index >= 15 is 0 Å². The monoisotopic (exact) mass is 582 g/mol. The van der Waals surface area contributed by atoms with Gasteiger partial charge >= 0.3 is 0 Å². The molecular weight excluding hydrogens is 556 g/mol. The first-order valence-corrected chi connectivity index (χ1v) is 14.5. The van der Waals surface area contributed by atoms with Crippen molar-refractivity contribution in [3.05, 3.63) is 120 Å². The summed E-state index contributed by atoms with van der Waals surface area (Å²) in [5.41, 5.74) is 5.26. The fourth-order valence-electron chi connectivity index (χ4n) is 5.45. The molecule has 2 aromatic carbocycles. The highest BCUT2D eigenvalue weighted by atomic mass is 32.1. The number of hydrogen-bond acceptors (Lipinski definition) is 5. The van der Waals surface area contributed by atoms with Gasteiger partial charge in [-0.05, 0) is 34.4 Å². The fraction of sp³-hybridized carbons (Fsp3) is 0.0556. The summed E-state index contributed by atoms with van der Waals surface area (Å²) in [6.45, 7) is 0. The quantitative estimate of drug-likeness (QED) is 0.224. The van der Waals surface area contributed by atoms with Crippen LogP contribution in [0, 0.1) is 0 Å². The van der Waals surface area contributed by atoms with Crippen LogP contribution in [0.2, 0.25) is 0 Å². The fourth-order valence-corrected chi connectivity index (χ4v) is 6.56. The summed E-state index contributed by atoms with van der Waals surface area (Å²) < 4.78 is 17.0. The third-order valence-electron chi connectivity index (χ3n) is 7.64. The average molecular weight is 583 g/mol. The van der Waals surface area contributed by atoms with Crippen molar-refractivity contribution >= 4 is 66.8 Å². The summed E-state index contributed by atoms with van der Waals surface area (Å²) in [6, 6.07) is 23.3. The smallest absolute Gasteiger partial charge is 0.220 e. The van der Waals surface area contributed by atoms with Crippen molar-refractivity contribution in [1.82, 2.24) is 0 Å². The van der Waals surface area contributed by atoms with Crippen molar-refractivity contribution in [2.75, 3.05) is 14.2 Å². The van der Waals surface area contributed by atoms with E-state index < -0.39 is 0 Å². The molecule has 0 atom stereocenters. The number of hydrogen-bond donors (Lipinski definition) is 0. The molecule has 6 nitrogen and oxygen atoms in total. The number of nitrogens with zero attached hydrogens (tertiary/aromatic N) is 2. The standard InChI is InChI=1S/C36H26N2O4S/c1-41-29-7-3-5-25(35(29)39)11-9-23-13-17-37-19-15-31-33(27(37)21-23)34-28-22-24(14-18-38(28)20-16-32(34)43-31)10-12-26-6-4-8-30(42-2)36(26)40/h3-22H,1-2H3. The average Bonchev–Trinajstić information content (AvgIpc) is 3.43. The van der Waals surface area contributed by atoms with Crippen molar-refractivity contribution in [2.45, 2.75) is 0 Å². The minimum Gasteiger partial charge on any atom is -0.870 e. The maximum atomic E-state index is 12.6. The van der Waals surface area contributed by atoms with Crippen LogP contribution in [0.3, 0.4) is 0 Å². The van der Waals surface area contributed by atoms with Crippen LogP contribution >= 0.6 is 11.3 Å². The molecule has 5 heterocycles. The second kappa shape index (κ2) is 10.8. The predicted octanol–water partition coefficient (Wildman–Crippen LogP) is 6.04. The first-order chi connectivity index (χ1) is 21.0. The Labute approximate surface area is 251 Å². The van der Waals surface area contributed by atoms with E-state index in [2.05, 4.69) is 45.5 Å². The summed E-state index contributed by atoms with van der Waals surface area (Å²) >= 11 is 1.76. The van der Waals surface area contributed by atoms with Gasteiger partial charge in [0.2, 0.25) is 11.0 Å². The highest BCUT2D eigenvalue weighted by Crippen LogP contribution is 2.37. The van der Waals surface area contributed by atoms with Crippen molar-refractivity contribution in [1.29, 1.82) is 0 Å². The molecule has 0 spiro atoms. The normalized spacial score (nSPS) is 12.0. The van der Waals surface area contributed by atoms with Gasteiger partial charge in [0.25, 0.3) is 0 Å². The summed E-state index contributed by atoms with van der Waals surface area (Å²) in [7, 11) is 3.01. The van der Waals surface area contributed by atoms with Gasteiger partial charge in [-0.2, -0.15) is 8.80 Å². The van der Waals surface area contributed by atoms with E-state index in [1.54, 1.807) is 35.6 Å². The number of methoxy groups -OCH3 is 2. The van der Waals surface area contributed by atoms with Gasteiger partial charge in [-0.3, -0.25) is 0 Å². The first kappa shape index (κ1) is 26.5. The van der Waals surface area contributed by atoms with Gasteiger partial charge in [0.1, 0.15) is 11.5 Å². The van der Waals surface area contributed by atoms with Crippen molar-refractivity contribution in [2.24, 2.45) is 0 Å². The number of rotatable bonds is 6. The molecule has 0 bridgehead atoms. The van der Waals surface area contributed by atoms with Crippen LogP contribution in [-0.4, -0.2) is 14.2 Å². The van der Waals surface area contributed by atoms with Crippen LogP contribution in [0.5, 0.6) is 23.0 Å². The number of thiophene rings is 1. The second-order valence-electron chi connectivity index (χ2n) is 10.1. The molecule has 0 aliphatic heterocycles. The van der Waals surface area contributed by atoms with Gasteiger partial charge < -0.3 is 19.7 Å². The van der Waals surface area contributed by atoms with Crippen molar-refractivity contribution in [3.8, 4) is 23.0 Å². The molecule has 0 amide bonds. The van der Waals surface area contributed by atoms with E-state index in [0.29, 0.717) is 22.6 Å².